The summed E-state index contributed by atoms with van der Waals surface area (Å²) in [4.78, 5) is 18.8. The number of carbonyl (C=O) groups excluding carboxylic acids is 1. The van der Waals surface area contributed by atoms with Crippen LogP contribution in [0, 0.1) is 5.92 Å². The first-order valence-electron chi connectivity index (χ1n) is 8.22. The van der Waals surface area contributed by atoms with Crippen molar-refractivity contribution in [1.82, 2.24) is 9.88 Å². The van der Waals surface area contributed by atoms with Gasteiger partial charge >= 0.3 is 0 Å². The Balaban J connectivity index is 1.68. The van der Waals surface area contributed by atoms with Crippen LogP contribution >= 0.6 is 11.6 Å². The largest absolute Gasteiger partial charge is 0.381 e. The van der Waals surface area contributed by atoms with E-state index in [-0.39, 0.29) is 11.8 Å². The quantitative estimate of drug-likeness (QED) is 0.807. The van der Waals surface area contributed by atoms with Crippen LogP contribution in [-0.4, -0.2) is 35.5 Å². The summed E-state index contributed by atoms with van der Waals surface area (Å²) in [6.45, 7) is 2.49. The van der Waals surface area contributed by atoms with Crippen LogP contribution in [0.3, 0.4) is 0 Å². The summed E-state index contributed by atoms with van der Waals surface area (Å²) < 4.78 is 5.38. The molecule has 24 heavy (non-hydrogen) atoms. The third-order valence-corrected chi connectivity index (χ3v) is 4.55. The molecular weight excluding hydrogens is 324 g/mol. The number of carbonyl (C=O) groups is 1. The first kappa shape index (κ1) is 16.9. The van der Waals surface area contributed by atoms with Crippen LogP contribution in [0.25, 0.3) is 0 Å². The van der Waals surface area contributed by atoms with Crippen molar-refractivity contribution in [2.75, 3.05) is 19.8 Å². The Bertz CT molecular complexity index is 655. The minimum absolute atomic E-state index is 0.0166. The number of halogens is 1. The molecule has 0 saturated carbocycles. The van der Waals surface area contributed by atoms with Crippen LogP contribution in [0.1, 0.15) is 17.5 Å². The molecule has 0 aliphatic carbocycles. The molecule has 1 aromatic carbocycles. The molecule has 0 N–H and O–H groups in total. The van der Waals surface area contributed by atoms with Crippen molar-refractivity contribution in [3.8, 4) is 0 Å². The highest BCUT2D eigenvalue weighted by Crippen LogP contribution is 2.18. The number of ether oxygens (including phenoxy) is 1. The SMILES string of the molecule is O=C(C1CCOC1)N(CCc1ccc(Cl)cc1)Cc1ccncc1. The van der Waals surface area contributed by atoms with E-state index in [1.165, 1.54) is 5.56 Å². The molecule has 0 bridgehead atoms. The number of amides is 1. The summed E-state index contributed by atoms with van der Waals surface area (Å²) in [7, 11) is 0. The van der Waals surface area contributed by atoms with Gasteiger partial charge in [-0.25, -0.2) is 0 Å². The molecule has 1 unspecified atom stereocenters. The van der Waals surface area contributed by atoms with Crippen LogP contribution < -0.4 is 0 Å². The van der Waals surface area contributed by atoms with E-state index in [1.807, 2.05) is 41.3 Å². The third kappa shape index (κ3) is 4.56. The fraction of sp³-hybridized carbons (Fsp3) is 0.368. The van der Waals surface area contributed by atoms with Gasteiger partial charge in [0.1, 0.15) is 0 Å². The summed E-state index contributed by atoms with van der Waals surface area (Å²) in [5.41, 5.74) is 2.27. The van der Waals surface area contributed by atoms with Crippen molar-refractivity contribution >= 4 is 17.5 Å². The fourth-order valence-electron chi connectivity index (χ4n) is 2.88. The lowest BCUT2D eigenvalue weighted by Gasteiger charge is -2.25. The van der Waals surface area contributed by atoms with Gasteiger partial charge in [-0.2, -0.15) is 0 Å². The molecule has 2 heterocycles. The molecule has 4 nitrogen and oxygen atoms in total. The fourth-order valence-corrected chi connectivity index (χ4v) is 3.00. The summed E-state index contributed by atoms with van der Waals surface area (Å²) in [6.07, 6.45) is 5.14. The molecule has 126 valence electrons. The molecule has 1 fully saturated rings. The predicted octanol–water partition coefficient (Wildman–Crippen LogP) is 3.34. The van der Waals surface area contributed by atoms with E-state index in [0.717, 1.165) is 23.4 Å². The number of hydrogen-bond donors (Lipinski definition) is 0. The van der Waals surface area contributed by atoms with Crippen LogP contribution in [0.4, 0.5) is 0 Å². The van der Waals surface area contributed by atoms with Gasteiger partial charge in [0, 0.05) is 37.1 Å². The zero-order chi connectivity index (χ0) is 16.8. The first-order valence-corrected chi connectivity index (χ1v) is 8.60. The second kappa shape index (κ2) is 8.27. The standard InChI is InChI=1S/C19H21ClN2O2/c20-18-3-1-15(2-4-18)7-11-22(13-16-5-9-21-10-6-16)19(23)17-8-12-24-14-17/h1-6,9-10,17H,7-8,11-14H2. The van der Waals surface area contributed by atoms with E-state index in [4.69, 9.17) is 16.3 Å². The van der Waals surface area contributed by atoms with Crippen LogP contribution in [-0.2, 0) is 22.5 Å². The van der Waals surface area contributed by atoms with E-state index in [0.29, 0.717) is 26.3 Å². The molecule has 3 rings (SSSR count). The second-order valence-corrected chi connectivity index (χ2v) is 6.49. The van der Waals surface area contributed by atoms with E-state index < -0.39 is 0 Å². The van der Waals surface area contributed by atoms with E-state index in [9.17, 15) is 4.79 Å². The van der Waals surface area contributed by atoms with Crippen molar-refractivity contribution in [1.29, 1.82) is 0 Å². The van der Waals surface area contributed by atoms with Gasteiger partial charge in [-0.1, -0.05) is 23.7 Å². The Morgan fingerprint density at radius 3 is 2.58 bits per heavy atom. The smallest absolute Gasteiger partial charge is 0.228 e. The number of aromatic nitrogens is 1. The van der Waals surface area contributed by atoms with Gasteiger partial charge in [0.15, 0.2) is 0 Å². The molecule has 0 radical (unpaired) electrons. The highest BCUT2D eigenvalue weighted by Gasteiger charge is 2.27. The van der Waals surface area contributed by atoms with Crippen molar-refractivity contribution in [3.63, 3.8) is 0 Å². The third-order valence-electron chi connectivity index (χ3n) is 4.30. The highest BCUT2D eigenvalue weighted by molar-refractivity contribution is 6.30. The predicted molar refractivity (Wildman–Crippen MR) is 93.7 cm³/mol. The second-order valence-electron chi connectivity index (χ2n) is 6.05. The van der Waals surface area contributed by atoms with Gasteiger partial charge in [0.05, 0.1) is 12.5 Å². The van der Waals surface area contributed by atoms with Gasteiger partial charge in [0.25, 0.3) is 0 Å². The number of benzene rings is 1. The summed E-state index contributed by atoms with van der Waals surface area (Å²) in [5, 5.41) is 0.728. The molecule has 0 spiro atoms. The molecule has 1 atom stereocenters. The topological polar surface area (TPSA) is 42.4 Å². The maximum Gasteiger partial charge on any atom is 0.228 e. The zero-order valence-electron chi connectivity index (χ0n) is 13.5. The lowest BCUT2D eigenvalue weighted by atomic mass is 10.1. The van der Waals surface area contributed by atoms with Crippen molar-refractivity contribution < 1.29 is 9.53 Å². The number of hydrogen-bond acceptors (Lipinski definition) is 3. The molecule has 1 aliphatic rings. The van der Waals surface area contributed by atoms with Crippen molar-refractivity contribution in [3.05, 3.63) is 64.9 Å². The number of rotatable bonds is 6. The lowest BCUT2D eigenvalue weighted by Crippen LogP contribution is -2.37. The normalized spacial score (nSPS) is 17.0. The van der Waals surface area contributed by atoms with Crippen LogP contribution in [0.5, 0.6) is 0 Å². The average molecular weight is 345 g/mol. The Labute approximate surface area is 147 Å². The van der Waals surface area contributed by atoms with Gasteiger partial charge in [-0.15, -0.1) is 0 Å². The van der Waals surface area contributed by atoms with E-state index in [2.05, 4.69) is 4.98 Å². The molecule has 1 aliphatic heterocycles. The lowest BCUT2D eigenvalue weighted by molar-refractivity contribution is -0.136. The molecule has 2 aromatic rings. The molecule has 5 heteroatoms. The summed E-state index contributed by atoms with van der Waals surface area (Å²) in [6, 6.07) is 11.7. The molecule has 1 saturated heterocycles. The summed E-state index contributed by atoms with van der Waals surface area (Å²) >= 11 is 5.93. The van der Waals surface area contributed by atoms with Crippen LogP contribution in [0.15, 0.2) is 48.8 Å². The Kier molecular flexibility index (Phi) is 5.83. The first-order chi connectivity index (χ1) is 11.7. The van der Waals surface area contributed by atoms with Crippen LogP contribution in [0.2, 0.25) is 5.02 Å². The highest BCUT2D eigenvalue weighted by atomic mass is 35.5. The maximum absolute atomic E-state index is 12.8. The van der Waals surface area contributed by atoms with E-state index in [1.54, 1.807) is 12.4 Å². The Morgan fingerprint density at radius 1 is 1.17 bits per heavy atom. The maximum atomic E-state index is 12.8. The van der Waals surface area contributed by atoms with Gasteiger partial charge < -0.3 is 9.64 Å². The number of nitrogens with zero attached hydrogens (tertiary/aromatic N) is 2. The average Bonchev–Trinajstić information content (AvgIpc) is 3.15. The van der Waals surface area contributed by atoms with Gasteiger partial charge in [0.2, 0.25) is 5.91 Å². The monoisotopic (exact) mass is 344 g/mol. The minimum Gasteiger partial charge on any atom is -0.381 e. The van der Waals surface area contributed by atoms with Crippen molar-refractivity contribution in [2.45, 2.75) is 19.4 Å². The van der Waals surface area contributed by atoms with Gasteiger partial charge in [-0.3, -0.25) is 9.78 Å². The minimum atomic E-state index is -0.0166. The Hall–Kier alpha value is -1.91. The molecular formula is C19H21ClN2O2. The summed E-state index contributed by atoms with van der Waals surface area (Å²) in [5.74, 6) is 0.162. The number of pyridine rings is 1. The van der Waals surface area contributed by atoms with Gasteiger partial charge in [-0.05, 0) is 48.2 Å². The van der Waals surface area contributed by atoms with Crippen molar-refractivity contribution in [2.24, 2.45) is 5.92 Å². The zero-order valence-corrected chi connectivity index (χ0v) is 14.3. The molecule has 1 amide bonds. The Morgan fingerprint density at radius 2 is 1.92 bits per heavy atom. The van der Waals surface area contributed by atoms with E-state index >= 15 is 0 Å². The molecule has 1 aromatic heterocycles.